The molecule has 0 amide bonds. The van der Waals surface area contributed by atoms with Crippen LogP contribution in [0.1, 0.15) is 29.5 Å². The summed E-state index contributed by atoms with van der Waals surface area (Å²) in [6, 6.07) is 12.6. The van der Waals surface area contributed by atoms with Gasteiger partial charge in [-0.15, -0.1) is 0 Å². The van der Waals surface area contributed by atoms with Gasteiger partial charge in [-0.05, 0) is 43.6 Å². The molecule has 2 heterocycles. The van der Waals surface area contributed by atoms with Crippen LogP contribution in [0.2, 0.25) is 0 Å². The fourth-order valence-corrected chi connectivity index (χ4v) is 4.26. The fraction of sp³-hybridized carbons (Fsp3) is 0.409. The minimum absolute atomic E-state index is 0.113. The number of rotatable bonds is 5. The Hall–Kier alpha value is -2.38. The summed E-state index contributed by atoms with van der Waals surface area (Å²) in [5, 5.41) is 7.97. The number of hydrogen-bond donors (Lipinski definition) is 1. The van der Waals surface area contributed by atoms with Crippen LogP contribution in [0.15, 0.2) is 48.7 Å². The summed E-state index contributed by atoms with van der Waals surface area (Å²) >= 11 is 0. The molecule has 1 aliphatic rings. The molecule has 7 heteroatoms. The lowest BCUT2D eigenvalue weighted by atomic mass is 9.74. The molecular weight excluding hydrogens is 379 g/mol. The van der Waals surface area contributed by atoms with Gasteiger partial charge in [0, 0.05) is 23.4 Å². The average Bonchev–Trinajstić information content (AvgIpc) is 3.10. The van der Waals surface area contributed by atoms with E-state index in [9.17, 15) is 13.2 Å². The molecule has 0 radical (unpaired) electrons. The Labute approximate surface area is 167 Å². The molecular formula is C22H24F3N3O. The van der Waals surface area contributed by atoms with Gasteiger partial charge >= 0.3 is 6.18 Å². The molecule has 1 fully saturated rings. The molecule has 1 N–H and O–H groups in total. The maximum Gasteiger partial charge on any atom is 0.416 e. The summed E-state index contributed by atoms with van der Waals surface area (Å²) in [4.78, 5) is 0. The van der Waals surface area contributed by atoms with Gasteiger partial charge in [-0.1, -0.05) is 30.3 Å². The molecule has 4 rings (SSSR count). The van der Waals surface area contributed by atoms with Gasteiger partial charge in [0.25, 0.3) is 0 Å². The highest BCUT2D eigenvalue weighted by Crippen LogP contribution is 2.36. The van der Waals surface area contributed by atoms with Crippen LogP contribution in [0.25, 0.3) is 10.9 Å². The quantitative estimate of drug-likeness (QED) is 0.685. The molecule has 0 saturated carbocycles. The highest BCUT2D eigenvalue weighted by molar-refractivity contribution is 5.83. The molecule has 4 nitrogen and oxygen atoms in total. The molecule has 0 spiro atoms. The van der Waals surface area contributed by atoms with Crippen molar-refractivity contribution in [2.24, 2.45) is 7.05 Å². The minimum Gasteiger partial charge on any atom is -0.376 e. The maximum atomic E-state index is 13.3. The van der Waals surface area contributed by atoms with Gasteiger partial charge in [0.2, 0.25) is 0 Å². The lowest BCUT2D eigenvalue weighted by Gasteiger charge is -2.38. The second-order valence-corrected chi connectivity index (χ2v) is 7.73. The topological polar surface area (TPSA) is 39.1 Å². The number of fused-ring (bicyclic) bond motifs is 1. The minimum atomic E-state index is -4.40. The molecule has 154 valence electrons. The van der Waals surface area contributed by atoms with E-state index in [1.807, 2.05) is 18.2 Å². The van der Waals surface area contributed by atoms with Crippen LogP contribution in [0.5, 0.6) is 0 Å². The number of aryl methyl sites for hydroxylation is 1. The van der Waals surface area contributed by atoms with Crippen molar-refractivity contribution >= 4 is 10.9 Å². The van der Waals surface area contributed by atoms with E-state index in [0.29, 0.717) is 23.1 Å². The number of ether oxygens (including phenoxy) is 1. The van der Waals surface area contributed by atoms with Crippen LogP contribution in [0.4, 0.5) is 13.2 Å². The SMILES string of the molecule is Cn1ncc2cc(C(F)(F)F)cc(COCC3(c4ccccc4)CCNCC3)c21. The van der Waals surface area contributed by atoms with E-state index in [-0.39, 0.29) is 12.0 Å². The van der Waals surface area contributed by atoms with Gasteiger partial charge < -0.3 is 10.1 Å². The summed E-state index contributed by atoms with van der Waals surface area (Å²) < 4.78 is 47.7. The van der Waals surface area contributed by atoms with Crippen LogP contribution in [-0.2, 0) is 30.0 Å². The maximum absolute atomic E-state index is 13.3. The normalized spacial score (nSPS) is 17.0. The van der Waals surface area contributed by atoms with Crippen LogP contribution in [-0.4, -0.2) is 29.5 Å². The zero-order valence-electron chi connectivity index (χ0n) is 16.3. The predicted octanol–water partition coefficient (Wildman–Crippen LogP) is 4.43. The Morgan fingerprint density at radius 3 is 2.55 bits per heavy atom. The van der Waals surface area contributed by atoms with E-state index in [2.05, 4.69) is 22.5 Å². The summed E-state index contributed by atoms with van der Waals surface area (Å²) in [5.41, 5.74) is 1.61. The summed E-state index contributed by atoms with van der Waals surface area (Å²) in [6.45, 7) is 2.37. The van der Waals surface area contributed by atoms with E-state index in [1.165, 1.54) is 17.8 Å². The molecule has 2 aromatic carbocycles. The Morgan fingerprint density at radius 1 is 1.14 bits per heavy atom. The summed E-state index contributed by atoms with van der Waals surface area (Å²) in [7, 11) is 1.73. The van der Waals surface area contributed by atoms with Crippen molar-refractivity contribution in [2.75, 3.05) is 19.7 Å². The molecule has 3 aromatic rings. The van der Waals surface area contributed by atoms with Gasteiger partial charge in [0.1, 0.15) is 0 Å². The second-order valence-electron chi connectivity index (χ2n) is 7.73. The number of nitrogens with zero attached hydrogens (tertiary/aromatic N) is 2. The number of hydrogen-bond acceptors (Lipinski definition) is 3. The standard InChI is InChI=1S/C22H24F3N3O/c1-28-20-16(13-27-28)11-19(22(23,24)25)12-17(20)14-29-15-21(7-9-26-10-8-21)18-5-3-2-4-6-18/h2-6,11-13,26H,7-10,14-15H2,1H3. The van der Waals surface area contributed by atoms with Crippen molar-refractivity contribution in [1.82, 2.24) is 15.1 Å². The van der Waals surface area contributed by atoms with Gasteiger partial charge in [-0.3, -0.25) is 4.68 Å². The van der Waals surface area contributed by atoms with Crippen molar-refractivity contribution in [2.45, 2.75) is 31.0 Å². The number of nitrogens with one attached hydrogen (secondary N) is 1. The van der Waals surface area contributed by atoms with Crippen LogP contribution in [0, 0.1) is 0 Å². The van der Waals surface area contributed by atoms with Crippen LogP contribution >= 0.6 is 0 Å². The zero-order chi connectivity index (χ0) is 20.5. The van der Waals surface area contributed by atoms with E-state index >= 15 is 0 Å². The lowest BCUT2D eigenvalue weighted by Crippen LogP contribution is -2.43. The zero-order valence-corrected chi connectivity index (χ0v) is 16.3. The largest absolute Gasteiger partial charge is 0.416 e. The Morgan fingerprint density at radius 2 is 1.86 bits per heavy atom. The first-order valence-corrected chi connectivity index (χ1v) is 9.75. The van der Waals surface area contributed by atoms with Crippen LogP contribution < -0.4 is 5.32 Å². The van der Waals surface area contributed by atoms with Gasteiger partial charge in [-0.2, -0.15) is 18.3 Å². The molecule has 1 saturated heterocycles. The average molecular weight is 403 g/mol. The Balaban J connectivity index is 1.60. The smallest absolute Gasteiger partial charge is 0.376 e. The Bertz CT molecular complexity index is 976. The van der Waals surface area contributed by atoms with Gasteiger partial charge in [0.05, 0.1) is 30.5 Å². The number of halogens is 3. The second kappa shape index (κ2) is 7.80. The summed E-state index contributed by atoms with van der Waals surface area (Å²) in [5.74, 6) is 0. The van der Waals surface area contributed by atoms with E-state index in [0.717, 1.165) is 32.0 Å². The first-order valence-electron chi connectivity index (χ1n) is 9.75. The van der Waals surface area contributed by atoms with Crippen LogP contribution in [0.3, 0.4) is 0 Å². The molecule has 0 unspecified atom stereocenters. The van der Waals surface area contributed by atoms with Crippen molar-refractivity contribution < 1.29 is 17.9 Å². The van der Waals surface area contributed by atoms with Gasteiger partial charge in [-0.25, -0.2) is 0 Å². The first kappa shape index (κ1) is 19.9. The van der Waals surface area contributed by atoms with Crippen molar-refractivity contribution in [1.29, 1.82) is 0 Å². The monoisotopic (exact) mass is 403 g/mol. The molecule has 29 heavy (non-hydrogen) atoms. The summed E-state index contributed by atoms with van der Waals surface area (Å²) in [6.07, 6.45) is -1.08. The molecule has 0 bridgehead atoms. The van der Waals surface area contributed by atoms with Crippen molar-refractivity contribution in [3.63, 3.8) is 0 Å². The highest BCUT2D eigenvalue weighted by atomic mass is 19.4. The molecule has 1 aromatic heterocycles. The molecule has 1 aliphatic heterocycles. The number of benzene rings is 2. The lowest BCUT2D eigenvalue weighted by molar-refractivity contribution is -0.137. The highest BCUT2D eigenvalue weighted by Gasteiger charge is 2.35. The third-order valence-corrected chi connectivity index (χ3v) is 5.82. The molecule has 0 atom stereocenters. The Kier molecular flexibility index (Phi) is 5.36. The molecule has 0 aliphatic carbocycles. The number of aromatic nitrogens is 2. The first-order chi connectivity index (χ1) is 13.9. The number of alkyl halides is 3. The van der Waals surface area contributed by atoms with Crippen molar-refractivity contribution in [3.8, 4) is 0 Å². The van der Waals surface area contributed by atoms with Gasteiger partial charge in [0.15, 0.2) is 0 Å². The third-order valence-electron chi connectivity index (χ3n) is 5.82. The predicted molar refractivity (Wildman–Crippen MR) is 106 cm³/mol. The fourth-order valence-electron chi connectivity index (χ4n) is 4.26. The number of piperidine rings is 1. The van der Waals surface area contributed by atoms with Crippen molar-refractivity contribution in [3.05, 3.63) is 65.4 Å². The third kappa shape index (κ3) is 4.02. The van der Waals surface area contributed by atoms with E-state index in [1.54, 1.807) is 11.7 Å². The van der Waals surface area contributed by atoms with E-state index in [4.69, 9.17) is 4.74 Å². The van der Waals surface area contributed by atoms with E-state index < -0.39 is 11.7 Å².